The predicted molar refractivity (Wildman–Crippen MR) is 67.3 cm³/mol. The fraction of sp³-hybridized carbons (Fsp3) is 1.00. The van der Waals surface area contributed by atoms with E-state index in [4.69, 9.17) is 5.73 Å². The lowest BCUT2D eigenvalue weighted by Gasteiger charge is -2.30. The van der Waals surface area contributed by atoms with Gasteiger partial charge < -0.3 is 5.73 Å². The van der Waals surface area contributed by atoms with Gasteiger partial charge in [-0.25, -0.2) is 0 Å². The van der Waals surface area contributed by atoms with Crippen molar-refractivity contribution in [2.24, 2.45) is 17.6 Å². The fourth-order valence-electron chi connectivity index (χ4n) is 2.29. The van der Waals surface area contributed by atoms with Gasteiger partial charge in [-0.3, -0.25) is 4.21 Å². The van der Waals surface area contributed by atoms with E-state index in [-0.39, 0.29) is 0 Å². The Morgan fingerprint density at radius 3 is 2.60 bits per heavy atom. The first-order chi connectivity index (χ1) is 7.15. The monoisotopic (exact) mass is 231 g/mol. The molecular formula is C12H25NOS. The van der Waals surface area contributed by atoms with Crippen LogP contribution in [-0.2, 0) is 10.8 Å². The van der Waals surface area contributed by atoms with Crippen LogP contribution in [0.2, 0.25) is 0 Å². The van der Waals surface area contributed by atoms with E-state index in [9.17, 15) is 4.21 Å². The Morgan fingerprint density at radius 1 is 1.33 bits per heavy atom. The van der Waals surface area contributed by atoms with Crippen LogP contribution in [0.5, 0.6) is 0 Å². The molecule has 1 saturated carbocycles. The Labute approximate surface area is 96.5 Å². The highest BCUT2D eigenvalue weighted by molar-refractivity contribution is 7.85. The minimum atomic E-state index is -0.637. The van der Waals surface area contributed by atoms with E-state index in [2.05, 4.69) is 13.8 Å². The van der Waals surface area contributed by atoms with Crippen LogP contribution in [0.1, 0.15) is 46.0 Å². The average molecular weight is 231 g/mol. The van der Waals surface area contributed by atoms with Gasteiger partial charge in [0.15, 0.2) is 0 Å². The van der Waals surface area contributed by atoms with Gasteiger partial charge in [0.2, 0.25) is 0 Å². The van der Waals surface area contributed by atoms with Gasteiger partial charge in [0.05, 0.1) is 0 Å². The number of nitrogens with two attached hydrogens (primary N) is 1. The van der Waals surface area contributed by atoms with Gasteiger partial charge >= 0.3 is 0 Å². The average Bonchev–Trinajstić information content (AvgIpc) is 2.25. The molecule has 1 rings (SSSR count). The van der Waals surface area contributed by atoms with E-state index < -0.39 is 10.8 Å². The molecule has 3 heteroatoms. The Kier molecular flexibility index (Phi) is 5.83. The summed E-state index contributed by atoms with van der Waals surface area (Å²) in [5, 5.41) is 0.391. The molecule has 0 aromatic rings. The molecule has 1 aliphatic rings. The van der Waals surface area contributed by atoms with Gasteiger partial charge in [-0.15, -0.1) is 0 Å². The SMILES string of the molecule is CC(C)CCS(=O)C1CCCCC1CN. The third-order valence-corrected chi connectivity index (χ3v) is 5.31. The summed E-state index contributed by atoms with van der Waals surface area (Å²) >= 11 is 0. The maximum atomic E-state index is 12.1. The molecular weight excluding hydrogens is 206 g/mol. The first-order valence-electron chi connectivity index (χ1n) is 6.22. The van der Waals surface area contributed by atoms with Crippen LogP contribution in [0.25, 0.3) is 0 Å². The molecule has 2 nitrogen and oxygen atoms in total. The molecule has 1 fully saturated rings. The van der Waals surface area contributed by atoms with Crippen molar-refractivity contribution in [1.82, 2.24) is 0 Å². The molecule has 0 spiro atoms. The van der Waals surface area contributed by atoms with Crippen molar-refractivity contribution in [2.75, 3.05) is 12.3 Å². The van der Waals surface area contributed by atoms with E-state index in [1.54, 1.807) is 0 Å². The molecule has 0 saturated heterocycles. The fourth-order valence-corrected chi connectivity index (χ4v) is 4.41. The van der Waals surface area contributed by atoms with Crippen LogP contribution in [0.4, 0.5) is 0 Å². The summed E-state index contributed by atoms with van der Waals surface area (Å²) in [5.41, 5.74) is 5.75. The Morgan fingerprint density at radius 2 is 2.00 bits per heavy atom. The quantitative estimate of drug-likeness (QED) is 0.789. The van der Waals surface area contributed by atoms with Gasteiger partial charge in [0, 0.05) is 21.8 Å². The zero-order chi connectivity index (χ0) is 11.3. The van der Waals surface area contributed by atoms with Gasteiger partial charge in [-0.1, -0.05) is 26.7 Å². The van der Waals surface area contributed by atoms with Crippen LogP contribution in [0.3, 0.4) is 0 Å². The molecule has 0 amide bonds. The molecule has 3 atom stereocenters. The van der Waals surface area contributed by atoms with Crippen molar-refractivity contribution < 1.29 is 4.21 Å². The smallest absolute Gasteiger partial charge is 0.0388 e. The summed E-state index contributed by atoms with van der Waals surface area (Å²) in [7, 11) is -0.637. The topological polar surface area (TPSA) is 43.1 Å². The lowest BCUT2D eigenvalue weighted by molar-refractivity contribution is 0.371. The zero-order valence-electron chi connectivity index (χ0n) is 10.1. The van der Waals surface area contributed by atoms with Gasteiger partial charge in [-0.2, -0.15) is 0 Å². The Balaban J connectivity index is 2.41. The summed E-state index contributed by atoms with van der Waals surface area (Å²) in [6.07, 6.45) is 5.93. The third kappa shape index (κ3) is 4.23. The second kappa shape index (κ2) is 6.64. The van der Waals surface area contributed by atoms with E-state index in [1.807, 2.05) is 0 Å². The lowest BCUT2D eigenvalue weighted by atomic mass is 9.89. The molecule has 3 unspecified atom stereocenters. The van der Waals surface area contributed by atoms with Crippen molar-refractivity contribution in [2.45, 2.75) is 51.2 Å². The molecule has 2 N–H and O–H groups in total. The summed E-state index contributed by atoms with van der Waals surface area (Å²) in [5.74, 6) is 2.05. The predicted octanol–water partition coefficient (Wildman–Crippen LogP) is 2.30. The first kappa shape index (κ1) is 13.2. The normalized spacial score (nSPS) is 29.3. The first-order valence-corrected chi connectivity index (χ1v) is 7.60. The second-order valence-electron chi connectivity index (χ2n) is 5.09. The van der Waals surface area contributed by atoms with Crippen molar-refractivity contribution in [3.05, 3.63) is 0 Å². The molecule has 0 radical (unpaired) electrons. The van der Waals surface area contributed by atoms with Crippen molar-refractivity contribution in [3.63, 3.8) is 0 Å². The van der Waals surface area contributed by atoms with E-state index in [0.29, 0.717) is 17.1 Å². The molecule has 1 aliphatic carbocycles. The van der Waals surface area contributed by atoms with Crippen molar-refractivity contribution in [1.29, 1.82) is 0 Å². The molecule has 90 valence electrons. The molecule has 0 aromatic heterocycles. The maximum absolute atomic E-state index is 12.1. The van der Waals surface area contributed by atoms with Crippen molar-refractivity contribution in [3.8, 4) is 0 Å². The van der Waals surface area contributed by atoms with Gasteiger partial charge in [0.25, 0.3) is 0 Å². The van der Waals surface area contributed by atoms with E-state index in [0.717, 1.165) is 25.1 Å². The third-order valence-electron chi connectivity index (χ3n) is 3.38. The standard InChI is InChI=1S/C12H25NOS/c1-10(2)7-8-15(14)12-6-4-3-5-11(12)9-13/h10-12H,3-9,13H2,1-2H3. The second-order valence-corrected chi connectivity index (χ2v) is 6.86. The summed E-state index contributed by atoms with van der Waals surface area (Å²) in [6.45, 7) is 5.11. The number of rotatable bonds is 5. The number of hydrogen-bond acceptors (Lipinski definition) is 2. The molecule has 15 heavy (non-hydrogen) atoms. The van der Waals surface area contributed by atoms with Crippen LogP contribution < -0.4 is 5.73 Å². The Bertz CT molecular complexity index is 206. The summed E-state index contributed by atoms with van der Waals surface area (Å²) in [4.78, 5) is 0. The van der Waals surface area contributed by atoms with Crippen LogP contribution >= 0.6 is 0 Å². The molecule has 0 bridgehead atoms. The highest BCUT2D eigenvalue weighted by Gasteiger charge is 2.28. The lowest BCUT2D eigenvalue weighted by Crippen LogP contribution is -2.35. The van der Waals surface area contributed by atoms with Crippen LogP contribution in [0.15, 0.2) is 0 Å². The van der Waals surface area contributed by atoms with E-state index in [1.165, 1.54) is 19.3 Å². The molecule has 0 aliphatic heterocycles. The molecule has 0 heterocycles. The van der Waals surface area contributed by atoms with Crippen LogP contribution in [0, 0.1) is 11.8 Å². The minimum absolute atomic E-state index is 0.391. The van der Waals surface area contributed by atoms with Gasteiger partial charge in [-0.05, 0) is 37.6 Å². The zero-order valence-corrected chi connectivity index (χ0v) is 10.9. The highest BCUT2D eigenvalue weighted by Crippen LogP contribution is 2.28. The maximum Gasteiger partial charge on any atom is 0.0388 e. The molecule has 0 aromatic carbocycles. The summed E-state index contributed by atoms with van der Waals surface area (Å²) in [6, 6.07) is 0. The summed E-state index contributed by atoms with van der Waals surface area (Å²) < 4.78 is 12.1. The largest absolute Gasteiger partial charge is 0.330 e. The minimum Gasteiger partial charge on any atom is -0.330 e. The Hall–Kier alpha value is 0.110. The highest BCUT2D eigenvalue weighted by atomic mass is 32.2. The van der Waals surface area contributed by atoms with Crippen molar-refractivity contribution >= 4 is 10.8 Å². The van der Waals surface area contributed by atoms with Crippen LogP contribution in [-0.4, -0.2) is 21.8 Å². The van der Waals surface area contributed by atoms with Gasteiger partial charge in [0.1, 0.15) is 0 Å². The van der Waals surface area contributed by atoms with E-state index >= 15 is 0 Å². The number of hydrogen-bond donors (Lipinski definition) is 1.